The number of carbonyl (C=O) groups excluding carboxylic acids is 3. The Hall–Kier alpha value is -3.49. The number of aliphatic imine (C=N–C) groups is 1. The molecule has 1 N–H and O–H groups in total. The van der Waals surface area contributed by atoms with Gasteiger partial charge in [-0.3, -0.25) is 19.4 Å². The smallest absolute Gasteiger partial charge is 0.352 e. The second-order valence-corrected chi connectivity index (χ2v) is 10.0. The molecule has 1 atom stereocenters. The van der Waals surface area contributed by atoms with Gasteiger partial charge in [-0.1, -0.05) is 37.6 Å². The van der Waals surface area contributed by atoms with E-state index in [0.717, 1.165) is 37.0 Å². The molecule has 1 saturated carbocycles. The van der Waals surface area contributed by atoms with E-state index in [4.69, 9.17) is 4.99 Å². The maximum atomic E-state index is 13.9. The first-order valence-electron chi connectivity index (χ1n) is 13.0. The maximum Gasteiger partial charge on any atom is 0.416 e. The molecule has 2 aliphatic rings. The van der Waals surface area contributed by atoms with E-state index in [1.807, 2.05) is 24.0 Å². The number of ketones is 1. The number of rotatable bonds is 8. The van der Waals surface area contributed by atoms with E-state index in [1.165, 1.54) is 19.1 Å². The number of alkyl halides is 3. The summed E-state index contributed by atoms with van der Waals surface area (Å²) in [7, 11) is 0. The highest BCUT2D eigenvalue weighted by Crippen LogP contribution is 2.45. The predicted octanol–water partition coefficient (Wildman–Crippen LogP) is 5.86. The van der Waals surface area contributed by atoms with Gasteiger partial charge in [0, 0.05) is 24.1 Å². The quantitative estimate of drug-likeness (QED) is 0.467. The van der Waals surface area contributed by atoms with Crippen LogP contribution in [0.25, 0.3) is 0 Å². The topological polar surface area (TPSA) is 78.8 Å². The summed E-state index contributed by atoms with van der Waals surface area (Å²) in [6.07, 6.45) is 0.647. The Kier molecular flexibility index (Phi) is 8.04. The van der Waals surface area contributed by atoms with Crippen molar-refractivity contribution in [3.63, 3.8) is 0 Å². The van der Waals surface area contributed by atoms with Crippen molar-refractivity contribution in [1.29, 1.82) is 0 Å². The van der Waals surface area contributed by atoms with Gasteiger partial charge in [0.15, 0.2) is 0 Å². The van der Waals surface area contributed by atoms with Crippen LogP contribution >= 0.6 is 0 Å². The molecular formula is C29H32F3N3O3. The molecule has 2 aromatic rings. The summed E-state index contributed by atoms with van der Waals surface area (Å²) in [5.74, 6) is -0.569. The van der Waals surface area contributed by atoms with E-state index in [2.05, 4.69) is 5.32 Å². The molecule has 1 heterocycles. The molecule has 0 aromatic heterocycles. The lowest BCUT2D eigenvalue weighted by atomic mass is 9.86. The molecule has 1 unspecified atom stereocenters. The third-order valence-corrected chi connectivity index (χ3v) is 7.35. The van der Waals surface area contributed by atoms with Crippen molar-refractivity contribution in [2.24, 2.45) is 4.99 Å². The number of benzene rings is 2. The first kappa shape index (κ1) is 27.5. The fraction of sp³-hybridized carbons (Fsp3) is 0.448. The van der Waals surface area contributed by atoms with E-state index in [1.54, 1.807) is 12.1 Å². The number of hydrogen-bond donors (Lipinski definition) is 1. The fourth-order valence-electron chi connectivity index (χ4n) is 5.40. The summed E-state index contributed by atoms with van der Waals surface area (Å²) in [6.45, 7) is 3.71. The molecule has 2 amide bonds. The van der Waals surface area contributed by atoms with Gasteiger partial charge in [-0.2, -0.15) is 13.2 Å². The zero-order chi connectivity index (χ0) is 27.5. The number of nitrogens with zero attached hydrogens (tertiary/aromatic N) is 2. The minimum absolute atomic E-state index is 0.00348. The van der Waals surface area contributed by atoms with Gasteiger partial charge in [-0.15, -0.1) is 0 Å². The molecule has 202 valence electrons. The molecule has 1 aliphatic heterocycles. The van der Waals surface area contributed by atoms with Crippen LogP contribution in [0, 0.1) is 0 Å². The summed E-state index contributed by atoms with van der Waals surface area (Å²) in [5, 5.41) is 2.73. The van der Waals surface area contributed by atoms with Crippen LogP contribution in [0.1, 0.15) is 91.9 Å². The van der Waals surface area contributed by atoms with Gasteiger partial charge < -0.3 is 10.2 Å². The normalized spacial score (nSPS) is 17.9. The third kappa shape index (κ3) is 5.66. The molecule has 1 aliphatic carbocycles. The van der Waals surface area contributed by atoms with E-state index < -0.39 is 17.4 Å². The zero-order valence-corrected chi connectivity index (χ0v) is 21.6. The van der Waals surface area contributed by atoms with E-state index in [0.29, 0.717) is 30.4 Å². The van der Waals surface area contributed by atoms with Crippen LogP contribution in [0.3, 0.4) is 0 Å². The molecule has 6 nitrogen and oxygen atoms in total. The Balaban J connectivity index is 1.61. The number of hydrogen-bond acceptors (Lipinski definition) is 4. The summed E-state index contributed by atoms with van der Waals surface area (Å²) in [4.78, 5) is 44.2. The van der Waals surface area contributed by atoms with Crippen LogP contribution in [0.15, 0.2) is 53.5 Å². The first-order valence-corrected chi connectivity index (χ1v) is 13.0. The molecule has 9 heteroatoms. The summed E-state index contributed by atoms with van der Waals surface area (Å²) < 4.78 is 39.3. The Bertz CT molecular complexity index is 1210. The van der Waals surface area contributed by atoms with Crippen LogP contribution in [-0.2, 0) is 15.8 Å². The zero-order valence-electron chi connectivity index (χ0n) is 21.6. The van der Waals surface area contributed by atoms with E-state index >= 15 is 0 Å². The minimum atomic E-state index is -4.46. The van der Waals surface area contributed by atoms with Gasteiger partial charge in [-0.05, 0) is 68.9 Å². The molecule has 2 aromatic carbocycles. The highest BCUT2D eigenvalue weighted by Gasteiger charge is 2.50. The van der Waals surface area contributed by atoms with Crippen molar-refractivity contribution < 1.29 is 27.6 Å². The monoisotopic (exact) mass is 527 g/mol. The van der Waals surface area contributed by atoms with Gasteiger partial charge in [0.25, 0.3) is 11.8 Å². The molecule has 1 fully saturated rings. The van der Waals surface area contributed by atoms with Crippen LogP contribution in [0.5, 0.6) is 0 Å². The molecule has 0 saturated heterocycles. The first-order chi connectivity index (χ1) is 18.1. The van der Waals surface area contributed by atoms with Gasteiger partial charge in [0.05, 0.1) is 11.6 Å². The van der Waals surface area contributed by atoms with Gasteiger partial charge in [-0.25, -0.2) is 0 Å². The Morgan fingerprint density at radius 2 is 1.66 bits per heavy atom. The lowest BCUT2D eigenvalue weighted by molar-refractivity contribution is -0.137. The highest BCUT2D eigenvalue weighted by molar-refractivity contribution is 6.46. The highest BCUT2D eigenvalue weighted by atomic mass is 19.4. The lowest BCUT2D eigenvalue weighted by Crippen LogP contribution is -2.49. The predicted molar refractivity (Wildman–Crippen MR) is 138 cm³/mol. The maximum absolute atomic E-state index is 13.9. The van der Waals surface area contributed by atoms with E-state index in [9.17, 15) is 27.6 Å². The number of amides is 2. The average Bonchev–Trinajstić information content (AvgIpc) is 3.16. The standard InChI is InChI=1S/C29H32F3N3O3/c1-3-24(20-7-9-22(10-8-20)26(37)33-18-15-19(2)36)35-27(38)25(34-28(35)16-5-4-6-17-28)21-11-13-23(14-12-21)29(30,31)32/h7-14,24H,3-6,15-18H2,1-2H3,(H,33,37). The largest absolute Gasteiger partial charge is 0.416 e. The third-order valence-electron chi connectivity index (χ3n) is 7.35. The van der Waals surface area contributed by atoms with Crippen molar-refractivity contribution in [2.45, 2.75) is 76.7 Å². The molecule has 38 heavy (non-hydrogen) atoms. The van der Waals surface area contributed by atoms with Crippen LogP contribution in [-0.4, -0.2) is 40.4 Å². The number of halogens is 3. The van der Waals surface area contributed by atoms with Crippen molar-refractivity contribution in [1.82, 2.24) is 10.2 Å². The van der Waals surface area contributed by atoms with Gasteiger partial charge >= 0.3 is 6.18 Å². The second kappa shape index (κ2) is 11.1. The van der Waals surface area contributed by atoms with Crippen LogP contribution < -0.4 is 5.32 Å². The summed E-state index contributed by atoms with van der Waals surface area (Å²) in [5.41, 5.74) is 0.372. The van der Waals surface area contributed by atoms with Gasteiger partial charge in [0.2, 0.25) is 0 Å². The van der Waals surface area contributed by atoms with Crippen LogP contribution in [0.2, 0.25) is 0 Å². The van der Waals surface area contributed by atoms with Crippen molar-refractivity contribution in [3.8, 4) is 0 Å². The molecule has 0 bridgehead atoms. The molecule has 4 rings (SSSR count). The molecule has 1 spiro atoms. The Labute approximate surface area is 220 Å². The SMILES string of the molecule is CCC(c1ccc(C(=O)NCCC(C)=O)cc1)N1C(=O)C(c2ccc(C(F)(F)F)cc2)=NC12CCCCC2. The minimum Gasteiger partial charge on any atom is -0.352 e. The van der Waals surface area contributed by atoms with Crippen molar-refractivity contribution in [2.75, 3.05) is 6.54 Å². The second-order valence-electron chi connectivity index (χ2n) is 10.0. The number of carbonyl (C=O) groups is 3. The fourth-order valence-corrected chi connectivity index (χ4v) is 5.40. The van der Waals surface area contributed by atoms with Crippen molar-refractivity contribution in [3.05, 3.63) is 70.8 Å². The number of Topliss-reactive ketones (excluding diaryl/α,β-unsaturated/α-hetero) is 1. The Morgan fingerprint density at radius 3 is 2.21 bits per heavy atom. The number of nitrogens with one attached hydrogen (secondary N) is 1. The van der Waals surface area contributed by atoms with Gasteiger partial charge in [0.1, 0.15) is 17.2 Å². The van der Waals surface area contributed by atoms with E-state index in [-0.39, 0.29) is 42.3 Å². The average molecular weight is 528 g/mol. The lowest BCUT2D eigenvalue weighted by Gasteiger charge is -2.43. The van der Waals surface area contributed by atoms with Crippen LogP contribution in [0.4, 0.5) is 13.2 Å². The van der Waals surface area contributed by atoms with Crippen molar-refractivity contribution >= 4 is 23.3 Å². The molecule has 0 radical (unpaired) electrons. The summed E-state index contributed by atoms with van der Waals surface area (Å²) >= 11 is 0. The summed E-state index contributed by atoms with van der Waals surface area (Å²) in [6, 6.07) is 11.4. The Morgan fingerprint density at radius 1 is 1.03 bits per heavy atom. The molecular weight excluding hydrogens is 495 g/mol.